The van der Waals surface area contributed by atoms with Gasteiger partial charge in [-0.05, 0) is 41.8 Å². The van der Waals surface area contributed by atoms with Gasteiger partial charge in [0, 0.05) is 16.2 Å². The summed E-state index contributed by atoms with van der Waals surface area (Å²) in [5.41, 5.74) is 1.16. The van der Waals surface area contributed by atoms with Crippen molar-refractivity contribution in [1.82, 2.24) is 0 Å². The Labute approximate surface area is 119 Å². The Kier molecular flexibility index (Phi) is 2.16. The van der Waals surface area contributed by atoms with E-state index in [0.29, 0.717) is 11.2 Å². The van der Waals surface area contributed by atoms with Crippen molar-refractivity contribution in [2.75, 3.05) is 0 Å². The number of aromatic hydroxyl groups is 2. The first-order valence-corrected chi connectivity index (χ1v) is 6.36. The highest BCUT2D eigenvalue weighted by Crippen LogP contribution is 2.42. The van der Waals surface area contributed by atoms with Crippen LogP contribution in [-0.4, -0.2) is 10.2 Å². The van der Waals surface area contributed by atoms with E-state index in [-0.39, 0.29) is 17.2 Å². The number of benzene rings is 3. The van der Waals surface area contributed by atoms with Crippen LogP contribution in [0.3, 0.4) is 0 Å². The summed E-state index contributed by atoms with van der Waals surface area (Å²) in [7, 11) is 0. The number of hydrogen-bond donors (Lipinski definition) is 2. The van der Waals surface area contributed by atoms with Gasteiger partial charge in [-0.15, -0.1) is 0 Å². The van der Waals surface area contributed by atoms with Crippen molar-refractivity contribution in [2.45, 2.75) is 0 Å². The molecule has 100 valence electrons. The number of hydrogen-bond acceptors (Lipinski definition) is 3. The molecule has 0 saturated carbocycles. The van der Waals surface area contributed by atoms with Gasteiger partial charge in [-0.2, -0.15) is 0 Å². The third-order valence-electron chi connectivity index (χ3n) is 3.67. The highest BCUT2D eigenvalue weighted by atomic mass is 16.3. The van der Waals surface area contributed by atoms with E-state index in [2.05, 4.69) is 4.85 Å². The maximum absolute atomic E-state index is 9.78. The zero-order valence-corrected chi connectivity index (χ0v) is 10.8. The van der Waals surface area contributed by atoms with E-state index in [1.165, 1.54) is 6.07 Å². The van der Waals surface area contributed by atoms with Gasteiger partial charge in [-0.25, -0.2) is 4.85 Å². The van der Waals surface area contributed by atoms with Gasteiger partial charge in [-0.1, -0.05) is 6.07 Å². The topological polar surface area (TPSA) is 58.0 Å². The number of phenols is 2. The number of fused-ring (bicyclic) bond motifs is 5. The summed E-state index contributed by atoms with van der Waals surface area (Å²) < 4.78 is 5.85. The lowest BCUT2D eigenvalue weighted by molar-refractivity contribution is 0.476. The number of phenolic OH excluding ortho intramolecular Hbond substituents is 2. The number of nitrogens with zero attached hydrogens (tertiary/aromatic N) is 1. The fourth-order valence-corrected chi connectivity index (χ4v) is 2.70. The van der Waals surface area contributed by atoms with Crippen molar-refractivity contribution in [3.8, 4) is 11.5 Å². The van der Waals surface area contributed by atoms with Crippen LogP contribution in [0.5, 0.6) is 11.5 Å². The van der Waals surface area contributed by atoms with Crippen LogP contribution in [0.2, 0.25) is 0 Å². The fraction of sp³-hybridized carbons (Fsp3) is 0. The van der Waals surface area contributed by atoms with Gasteiger partial charge in [0.05, 0.1) is 6.57 Å². The molecular weight excluding hydrogens is 266 g/mol. The molecule has 4 nitrogen and oxygen atoms in total. The number of rotatable bonds is 0. The Hall–Kier alpha value is -3.19. The lowest BCUT2D eigenvalue weighted by Gasteiger charge is -1.99. The van der Waals surface area contributed by atoms with E-state index in [1.54, 1.807) is 24.3 Å². The average Bonchev–Trinajstić information content (AvgIpc) is 2.85. The normalized spacial score (nSPS) is 11.2. The van der Waals surface area contributed by atoms with Crippen LogP contribution >= 0.6 is 0 Å². The first kappa shape index (κ1) is 11.6. The second-order valence-electron chi connectivity index (χ2n) is 4.87. The fourth-order valence-electron chi connectivity index (χ4n) is 2.70. The molecule has 0 unspecified atom stereocenters. The SMILES string of the molecule is [C-]#[N+]c1c(O)ccc2c1oc1c3ccc(O)cc3ccc21. The Morgan fingerprint density at radius 1 is 0.857 bits per heavy atom. The largest absolute Gasteiger partial charge is 0.519 e. The molecule has 0 spiro atoms. The zero-order valence-electron chi connectivity index (χ0n) is 10.8. The smallest absolute Gasteiger partial charge is 0.269 e. The first-order chi connectivity index (χ1) is 10.2. The molecule has 0 aliphatic carbocycles. The van der Waals surface area contributed by atoms with Crippen molar-refractivity contribution in [3.63, 3.8) is 0 Å². The van der Waals surface area contributed by atoms with E-state index in [1.807, 2.05) is 12.1 Å². The molecule has 1 heterocycles. The van der Waals surface area contributed by atoms with Crippen molar-refractivity contribution < 1.29 is 14.6 Å². The molecule has 0 saturated heterocycles. The Morgan fingerprint density at radius 3 is 2.38 bits per heavy atom. The van der Waals surface area contributed by atoms with Gasteiger partial charge < -0.3 is 14.6 Å². The van der Waals surface area contributed by atoms with E-state index >= 15 is 0 Å². The highest BCUT2D eigenvalue weighted by molar-refractivity contribution is 6.17. The van der Waals surface area contributed by atoms with E-state index in [4.69, 9.17) is 11.0 Å². The van der Waals surface area contributed by atoms with Crippen molar-refractivity contribution in [1.29, 1.82) is 0 Å². The summed E-state index contributed by atoms with van der Waals surface area (Å²) in [5, 5.41) is 22.7. The maximum atomic E-state index is 9.78. The second-order valence-corrected chi connectivity index (χ2v) is 4.87. The van der Waals surface area contributed by atoms with Crippen LogP contribution in [0.15, 0.2) is 46.9 Å². The van der Waals surface area contributed by atoms with Gasteiger partial charge in [0.15, 0.2) is 0 Å². The van der Waals surface area contributed by atoms with Gasteiger partial charge in [0.2, 0.25) is 0 Å². The molecule has 4 aromatic rings. The van der Waals surface area contributed by atoms with Crippen LogP contribution < -0.4 is 0 Å². The van der Waals surface area contributed by atoms with E-state index < -0.39 is 0 Å². The highest BCUT2D eigenvalue weighted by Gasteiger charge is 2.16. The molecule has 21 heavy (non-hydrogen) atoms. The van der Waals surface area contributed by atoms with Gasteiger partial charge in [0.25, 0.3) is 5.69 Å². The molecule has 0 aliphatic rings. The van der Waals surface area contributed by atoms with Crippen molar-refractivity contribution >= 4 is 38.4 Å². The molecule has 0 bridgehead atoms. The molecule has 2 N–H and O–H groups in total. The molecule has 0 amide bonds. The predicted octanol–water partition coefficient (Wildman–Crippen LogP) is 4.70. The molecule has 0 fully saturated rings. The van der Waals surface area contributed by atoms with Crippen molar-refractivity contribution in [3.05, 3.63) is 53.9 Å². The maximum Gasteiger partial charge on any atom is 0.269 e. The summed E-state index contributed by atoms with van der Waals surface area (Å²) in [6.07, 6.45) is 0. The predicted molar refractivity (Wildman–Crippen MR) is 80.8 cm³/mol. The monoisotopic (exact) mass is 275 g/mol. The molecule has 0 atom stereocenters. The van der Waals surface area contributed by atoms with Gasteiger partial charge in [-0.3, -0.25) is 0 Å². The standard InChI is InChI=1S/C17H9NO3/c1-18-15-14(20)7-6-13-12-4-2-9-8-10(19)3-5-11(9)16(12)21-17(13)15/h2-8,19-20H. The molecule has 4 rings (SSSR count). The molecular formula is C17H9NO3. The Bertz CT molecular complexity index is 1070. The minimum absolute atomic E-state index is 0.0847. The van der Waals surface area contributed by atoms with Crippen LogP contribution in [-0.2, 0) is 0 Å². The molecule has 3 aromatic carbocycles. The second kappa shape index (κ2) is 3.90. The third-order valence-corrected chi connectivity index (χ3v) is 3.67. The molecule has 1 aromatic heterocycles. The summed E-state index contributed by atoms with van der Waals surface area (Å²) in [6, 6.07) is 12.1. The first-order valence-electron chi connectivity index (χ1n) is 6.36. The van der Waals surface area contributed by atoms with Crippen LogP contribution in [0, 0.1) is 6.57 Å². The average molecular weight is 275 g/mol. The minimum Gasteiger partial charge on any atom is -0.519 e. The number of furan rings is 1. The summed E-state index contributed by atoms with van der Waals surface area (Å²) in [5.74, 6) is 0.107. The van der Waals surface area contributed by atoms with E-state index in [0.717, 1.165) is 21.5 Å². The summed E-state index contributed by atoms with van der Waals surface area (Å²) >= 11 is 0. The van der Waals surface area contributed by atoms with Crippen LogP contribution in [0.1, 0.15) is 0 Å². The molecule has 4 heteroatoms. The lowest BCUT2D eigenvalue weighted by Crippen LogP contribution is -1.73. The Balaban J connectivity index is 2.26. The van der Waals surface area contributed by atoms with Gasteiger partial charge in [0.1, 0.15) is 22.7 Å². The Morgan fingerprint density at radius 2 is 1.57 bits per heavy atom. The van der Waals surface area contributed by atoms with Crippen LogP contribution in [0.25, 0.3) is 37.6 Å². The van der Waals surface area contributed by atoms with E-state index in [9.17, 15) is 10.2 Å². The van der Waals surface area contributed by atoms with Gasteiger partial charge >= 0.3 is 0 Å². The zero-order chi connectivity index (χ0) is 14.6. The lowest BCUT2D eigenvalue weighted by atomic mass is 10.1. The third kappa shape index (κ3) is 1.49. The van der Waals surface area contributed by atoms with Crippen molar-refractivity contribution in [2.24, 2.45) is 0 Å². The quantitative estimate of drug-likeness (QED) is 0.457. The molecule has 0 radical (unpaired) electrons. The summed E-state index contributed by atoms with van der Waals surface area (Å²) in [4.78, 5) is 3.35. The summed E-state index contributed by atoms with van der Waals surface area (Å²) in [6.45, 7) is 7.20. The minimum atomic E-state index is -0.0847. The molecule has 0 aliphatic heterocycles. The van der Waals surface area contributed by atoms with Crippen LogP contribution in [0.4, 0.5) is 5.69 Å².